The number of rotatable bonds is 3. The molecule has 3 aromatic rings. The largest absolute Gasteiger partial charge is 0.374 e. The zero-order valence-electron chi connectivity index (χ0n) is 14.8. The molecule has 6 heteroatoms. The number of aryl methyl sites for hydroxylation is 2. The van der Waals surface area contributed by atoms with Gasteiger partial charge in [0.1, 0.15) is 0 Å². The van der Waals surface area contributed by atoms with Crippen molar-refractivity contribution in [3.63, 3.8) is 0 Å². The third kappa shape index (κ3) is 2.77. The molecule has 1 atom stereocenters. The Morgan fingerprint density at radius 3 is 2.88 bits per heavy atom. The van der Waals surface area contributed by atoms with E-state index >= 15 is 0 Å². The minimum Gasteiger partial charge on any atom is -0.374 e. The minimum atomic E-state index is -0.302. The van der Waals surface area contributed by atoms with Gasteiger partial charge in [0.15, 0.2) is 0 Å². The molecule has 0 aliphatic carbocycles. The molecule has 2 N–H and O–H groups in total. The fraction of sp³-hybridized carbons (Fsp3) is 0.300. The Balaban J connectivity index is 1.82. The fourth-order valence-corrected chi connectivity index (χ4v) is 4.28. The van der Waals surface area contributed by atoms with Gasteiger partial charge in [-0.1, -0.05) is 23.7 Å². The number of aromatic nitrogens is 2. The first-order valence-corrected chi connectivity index (χ1v) is 9.08. The number of halogens is 1. The van der Waals surface area contributed by atoms with E-state index in [4.69, 9.17) is 11.6 Å². The number of nitrogens with one attached hydrogen (secondary N) is 2. The maximum absolute atomic E-state index is 12.4. The molecule has 1 fully saturated rings. The number of hydrogen-bond acceptors (Lipinski definition) is 4. The van der Waals surface area contributed by atoms with Gasteiger partial charge in [0.05, 0.1) is 22.8 Å². The molecule has 0 unspecified atom stereocenters. The van der Waals surface area contributed by atoms with Crippen LogP contribution in [0.25, 0.3) is 10.9 Å². The smallest absolute Gasteiger partial charge is 0.260 e. The van der Waals surface area contributed by atoms with Gasteiger partial charge in [0, 0.05) is 29.9 Å². The Kier molecular flexibility index (Phi) is 4.21. The average molecular weight is 369 g/mol. The zero-order chi connectivity index (χ0) is 18.3. The van der Waals surface area contributed by atoms with Crippen molar-refractivity contribution in [2.75, 3.05) is 18.4 Å². The van der Waals surface area contributed by atoms with Gasteiger partial charge in [-0.25, -0.2) is 4.98 Å². The summed E-state index contributed by atoms with van der Waals surface area (Å²) in [5.41, 5.74) is 3.52. The van der Waals surface area contributed by atoms with Crippen LogP contribution in [0.4, 0.5) is 5.69 Å². The normalized spacial score (nSPS) is 19.8. The summed E-state index contributed by atoms with van der Waals surface area (Å²) >= 11 is 6.58. The molecular weight excluding hydrogens is 348 g/mol. The second-order valence-electron chi connectivity index (χ2n) is 6.96. The molecule has 0 bridgehead atoms. The van der Waals surface area contributed by atoms with E-state index in [9.17, 15) is 4.79 Å². The Morgan fingerprint density at radius 1 is 1.31 bits per heavy atom. The van der Waals surface area contributed by atoms with Crippen LogP contribution in [0.3, 0.4) is 0 Å². The molecule has 1 aliphatic rings. The zero-order valence-corrected chi connectivity index (χ0v) is 15.6. The summed E-state index contributed by atoms with van der Waals surface area (Å²) in [6.07, 6.45) is 2.47. The summed E-state index contributed by atoms with van der Waals surface area (Å²) in [6, 6.07) is 11.7. The first-order valence-electron chi connectivity index (χ1n) is 8.70. The van der Waals surface area contributed by atoms with Crippen LogP contribution in [0.2, 0.25) is 5.02 Å². The summed E-state index contributed by atoms with van der Waals surface area (Å²) in [7, 11) is 1.71. The van der Waals surface area contributed by atoms with E-state index in [0.717, 1.165) is 41.3 Å². The molecule has 2 aromatic carbocycles. The average Bonchev–Trinajstić information content (AvgIpc) is 3.07. The first-order chi connectivity index (χ1) is 12.5. The van der Waals surface area contributed by atoms with Crippen molar-refractivity contribution in [2.45, 2.75) is 18.9 Å². The molecule has 1 aliphatic heterocycles. The molecule has 1 saturated heterocycles. The highest BCUT2D eigenvalue weighted by Gasteiger charge is 2.38. The van der Waals surface area contributed by atoms with Gasteiger partial charge in [-0.3, -0.25) is 4.79 Å². The van der Waals surface area contributed by atoms with Gasteiger partial charge in [-0.2, -0.15) is 0 Å². The predicted octanol–water partition coefficient (Wildman–Crippen LogP) is 3.20. The number of hydrogen-bond donors (Lipinski definition) is 2. The maximum atomic E-state index is 12.4. The Bertz CT molecular complexity index is 1020. The summed E-state index contributed by atoms with van der Waals surface area (Å²) in [5, 5.41) is 8.48. The lowest BCUT2D eigenvalue weighted by molar-refractivity contribution is 0.540. The highest BCUT2D eigenvalue weighted by atomic mass is 35.5. The number of fused-ring (bicyclic) bond motifs is 1. The molecule has 26 heavy (non-hydrogen) atoms. The third-order valence-corrected chi connectivity index (χ3v) is 5.47. The van der Waals surface area contributed by atoms with Crippen molar-refractivity contribution < 1.29 is 0 Å². The lowest BCUT2D eigenvalue weighted by Gasteiger charge is -2.33. The van der Waals surface area contributed by atoms with Crippen LogP contribution in [-0.4, -0.2) is 22.6 Å². The summed E-state index contributed by atoms with van der Waals surface area (Å²) in [6.45, 7) is 3.78. The number of benzene rings is 2. The molecule has 1 aromatic heterocycles. The monoisotopic (exact) mass is 368 g/mol. The van der Waals surface area contributed by atoms with Crippen LogP contribution < -0.4 is 16.2 Å². The molecular formula is C20H21ClN4O. The van der Waals surface area contributed by atoms with Gasteiger partial charge < -0.3 is 15.2 Å². The quantitative estimate of drug-likeness (QED) is 0.745. The first kappa shape index (κ1) is 17.1. The predicted molar refractivity (Wildman–Crippen MR) is 106 cm³/mol. The Morgan fingerprint density at radius 2 is 2.15 bits per heavy atom. The third-order valence-electron chi connectivity index (χ3n) is 5.16. The standard InChI is InChI=1S/C20H21ClN4O/c1-13-4-3-5-16(21)18(13)20(8-9-22-11-20)24-14-6-7-17-15(10-14)19(26)25(2)12-23-17/h3-7,10,12,22,24H,8-9,11H2,1-2H3/t20-/m0/s1. The van der Waals surface area contributed by atoms with Crippen LogP contribution in [0, 0.1) is 6.92 Å². The molecule has 5 nitrogen and oxygen atoms in total. The SMILES string of the molecule is Cc1cccc(Cl)c1[C@]1(Nc2ccc3ncn(C)c(=O)c3c2)CCNC1. The summed E-state index contributed by atoms with van der Waals surface area (Å²) in [5.74, 6) is 0. The van der Waals surface area contributed by atoms with E-state index in [2.05, 4.69) is 28.6 Å². The molecule has 0 saturated carbocycles. The van der Waals surface area contributed by atoms with Crippen LogP contribution in [0.15, 0.2) is 47.5 Å². The topological polar surface area (TPSA) is 59.0 Å². The van der Waals surface area contributed by atoms with E-state index in [1.54, 1.807) is 13.4 Å². The van der Waals surface area contributed by atoms with Crippen molar-refractivity contribution in [3.8, 4) is 0 Å². The van der Waals surface area contributed by atoms with Crippen molar-refractivity contribution in [1.82, 2.24) is 14.9 Å². The molecule has 0 amide bonds. The Hall–Kier alpha value is -2.37. The van der Waals surface area contributed by atoms with E-state index in [0.29, 0.717) is 10.9 Å². The summed E-state index contributed by atoms with van der Waals surface area (Å²) in [4.78, 5) is 16.8. The maximum Gasteiger partial charge on any atom is 0.260 e. The summed E-state index contributed by atoms with van der Waals surface area (Å²) < 4.78 is 1.50. The highest BCUT2D eigenvalue weighted by Crippen LogP contribution is 2.38. The van der Waals surface area contributed by atoms with Crippen LogP contribution >= 0.6 is 11.6 Å². The molecule has 134 valence electrons. The van der Waals surface area contributed by atoms with Crippen molar-refractivity contribution in [2.24, 2.45) is 7.05 Å². The number of nitrogens with zero attached hydrogens (tertiary/aromatic N) is 2. The van der Waals surface area contributed by atoms with E-state index in [1.807, 2.05) is 30.3 Å². The fourth-order valence-electron chi connectivity index (χ4n) is 3.88. The van der Waals surface area contributed by atoms with E-state index < -0.39 is 0 Å². The lowest BCUT2D eigenvalue weighted by atomic mass is 9.85. The molecule has 0 radical (unpaired) electrons. The van der Waals surface area contributed by atoms with Gasteiger partial charge in [-0.05, 0) is 49.7 Å². The van der Waals surface area contributed by atoms with Crippen LogP contribution in [0.5, 0.6) is 0 Å². The lowest BCUT2D eigenvalue weighted by Crippen LogP contribution is -2.38. The van der Waals surface area contributed by atoms with Crippen molar-refractivity contribution in [1.29, 1.82) is 0 Å². The van der Waals surface area contributed by atoms with Crippen LogP contribution in [0.1, 0.15) is 17.5 Å². The second-order valence-corrected chi connectivity index (χ2v) is 7.37. The Labute approximate surface area is 157 Å². The van der Waals surface area contributed by atoms with Crippen molar-refractivity contribution in [3.05, 3.63) is 69.2 Å². The second kappa shape index (κ2) is 6.41. The number of anilines is 1. The molecule has 4 rings (SSSR count). The van der Waals surface area contributed by atoms with Crippen molar-refractivity contribution >= 4 is 28.2 Å². The van der Waals surface area contributed by atoms with E-state index in [-0.39, 0.29) is 11.1 Å². The van der Waals surface area contributed by atoms with Crippen LogP contribution in [-0.2, 0) is 12.6 Å². The minimum absolute atomic E-state index is 0.0498. The van der Waals surface area contributed by atoms with Gasteiger partial charge in [0.2, 0.25) is 0 Å². The molecule has 0 spiro atoms. The van der Waals surface area contributed by atoms with Gasteiger partial charge >= 0.3 is 0 Å². The van der Waals surface area contributed by atoms with Gasteiger partial charge in [0.25, 0.3) is 5.56 Å². The highest BCUT2D eigenvalue weighted by molar-refractivity contribution is 6.31. The van der Waals surface area contributed by atoms with Gasteiger partial charge in [-0.15, -0.1) is 0 Å². The molecule has 2 heterocycles. The van der Waals surface area contributed by atoms with E-state index in [1.165, 1.54) is 4.57 Å².